The number of hydrogen-bond donors (Lipinski definition) is 2. The zero-order chi connectivity index (χ0) is 26.0. The van der Waals surface area contributed by atoms with Crippen molar-refractivity contribution in [1.82, 2.24) is 19.8 Å². The number of ether oxygens (including phenoxy) is 2. The van der Waals surface area contributed by atoms with Crippen LogP contribution < -0.4 is 5.73 Å². The molecule has 3 aromatic rings. The van der Waals surface area contributed by atoms with Gasteiger partial charge < -0.3 is 20.3 Å². The van der Waals surface area contributed by atoms with Gasteiger partial charge in [-0.2, -0.15) is 18.3 Å². The molecule has 2 heterocycles. The van der Waals surface area contributed by atoms with Gasteiger partial charge in [0.25, 0.3) is 0 Å². The van der Waals surface area contributed by atoms with E-state index in [1.54, 1.807) is 0 Å². The largest absolute Gasteiger partial charge is 0.418 e. The fourth-order valence-electron chi connectivity index (χ4n) is 3.56. The predicted molar refractivity (Wildman–Crippen MR) is 123 cm³/mol. The summed E-state index contributed by atoms with van der Waals surface area (Å²) in [5, 5.41) is 15.6. The van der Waals surface area contributed by atoms with Gasteiger partial charge in [-0.25, -0.2) is 9.67 Å². The Hall–Kier alpha value is -2.29. The number of aromatic nitrogens is 3. The maximum absolute atomic E-state index is 13.8. The highest BCUT2D eigenvalue weighted by Gasteiger charge is 2.38. The first-order valence-corrected chi connectivity index (χ1v) is 11.4. The van der Waals surface area contributed by atoms with Gasteiger partial charge in [0.05, 0.1) is 27.4 Å². The summed E-state index contributed by atoms with van der Waals surface area (Å²) in [7, 11) is 0. The van der Waals surface area contributed by atoms with E-state index in [1.807, 2.05) is 30.3 Å². The Morgan fingerprint density at radius 3 is 2.58 bits per heavy atom. The molecule has 4 rings (SSSR count). The number of hydroxylamine groups is 2. The molecule has 3 atom stereocenters. The van der Waals surface area contributed by atoms with E-state index in [2.05, 4.69) is 10.1 Å². The van der Waals surface area contributed by atoms with E-state index in [0.29, 0.717) is 6.07 Å². The molecule has 9 nitrogen and oxygen atoms in total. The van der Waals surface area contributed by atoms with Crippen LogP contribution in [0.3, 0.4) is 0 Å². The van der Waals surface area contributed by atoms with E-state index in [4.69, 9.17) is 43.2 Å². The van der Waals surface area contributed by atoms with Crippen molar-refractivity contribution in [3.8, 4) is 5.69 Å². The lowest BCUT2D eigenvalue weighted by molar-refractivity contribution is -0.221. The number of halogens is 5. The molecule has 1 aliphatic heterocycles. The molecule has 194 valence electrons. The Morgan fingerprint density at radius 2 is 1.92 bits per heavy atom. The average molecular weight is 548 g/mol. The van der Waals surface area contributed by atoms with Crippen molar-refractivity contribution in [2.75, 3.05) is 20.0 Å². The molecule has 1 fully saturated rings. The third kappa shape index (κ3) is 5.82. The molecule has 2 aromatic carbocycles. The van der Waals surface area contributed by atoms with Gasteiger partial charge in [-0.1, -0.05) is 53.5 Å². The smallest absolute Gasteiger partial charge is 0.389 e. The third-order valence-corrected chi connectivity index (χ3v) is 5.96. The quantitative estimate of drug-likeness (QED) is 0.433. The van der Waals surface area contributed by atoms with Crippen molar-refractivity contribution < 1.29 is 32.6 Å². The minimum absolute atomic E-state index is 0.0434. The third-order valence-electron chi connectivity index (χ3n) is 5.24. The standard InChI is InChI=1S/C22H22Cl2F3N5O4/c1-12-29-20(32(30-12)17-8-16(24)15(23)7-14(17)22(25,26)27)19(18(33)9-28)34-10-31-11-35-21(36-31)13-5-3-2-4-6-13/h2-8,18-19,21,33H,9-11,28H2,1H3/t18-,19?,21?/m0/s1. The normalized spacial score (nSPS) is 18.5. The van der Waals surface area contributed by atoms with Crippen LogP contribution in [0, 0.1) is 6.92 Å². The second-order valence-corrected chi connectivity index (χ2v) is 8.67. The highest BCUT2D eigenvalue weighted by Crippen LogP contribution is 2.39. The number of aliphatic hydroxyl groups is 1. The Kier molecular flexibility index (Phi) is 8.17. The molecule has 0 amide bonds. The van der Waals surface area contributed by atoms with Gasteiger partial charge in [-0.05, 0) is 19.1 Å². The monoisotopic (exact) mass is 547 g/mol. The molecule has 14 heteroatoms. The van der Waals surface area contributed by atoms with Crippen molar-refractivity contribution in [2.24, 2.45) is 5.73 Å². The Labute approximate surface area is 214 Å². The Bertz CT molecular complexity index is 1200. The number of aliphatic hydroxyl groups excluding tert-OH is 1. The minimum Gasteiger partial charge on any atom is -0.389 e. The lowest BCUT2D eigenvalue weighted by atomic mass is 10.1. The number of nitrogens with two attached hydrogens (primary N) is 1. The average Bonchev–Trinajstić information content (AvgIpc) is 3.47. The lowest BCUT2D eigenvalue weighted by Crippen LogP contribution is -2.34. The molecular formula is C22H22Cl2F3N5O4. The van der Waals surface area contributed by atoms with Crippen molar-refractivity contribution in [3.05, 3.63) is 75.3 Å². The summed E-state index contributed by atoms with van der Waals surface area (Å²) in [5.41, 5.74) is 4.91. The lowest BCUT2D eigenvalue weighted by Gasteiger charge is -2.25. The number of nitrogens with zero attached hydrogens (tertiary/aromatic N) is 4. The molecule has 0 bridgehead atoms. The Morgan fingerprint density at radius 1 is 1.22 bits per heavy atom. The first-order chi connectivity index (χ1) is 17.1. The van der Waals surface area contributed by atoms with Crippen LogP contribution in [-0.2, 0) is 20.5 Å². The molecule has 0 saturated carbocycles. The number of alkyl halides is 3. The van der Waals surface area contributed by atoms with Crippen LogP contribution in [0.25, 0.3) is 5.69 Å². The second-order valence-electron chi connectivity index (χ2n) is 7.86. The van der Waals surface area contributed by atoms with Crippen LogP contribution in [0.4, 0.5) is 13.2 Å². The van der Waals surface area contributed by atoms with E-state index in [0.717, 1.165) is 16.3 Å². The molecule has 0 radical (unpaired) electrons. The zero-order valence-electron chi connectivity index (χ0n) is 18.8. The van der Waals surface area contributed by atoms with Crippen LogP contribution in [0.2, 0.25) is 10.0 Å². The van der Waals surface area contributed by atoms with Crippen molar-refractivity contribution >= 4 is 23.2 Å². The summed E-state index contributed by atoms with van der Waals surface area (Å²) in [6.45, 7) is 1.04. The van der Waals surface area contributed by atoms with Gasteiger partial charge >= 0.3 is 6.18 Å². The molecule has 0 aliphatic carbocycles. The van der Waals surface area contributed by atoms with Crippen LogP contribution in [0.1, 0.15) is 35.2 Å². The van der Waals surface area contributed by atoms with Crippen LogP contribution in [-0.4, -0.2) is 51.0 Å². The summed E-state index contributed by atoms with van der Waals surface area (Å²) < 4.78 is 53.9. The summed E-state index contributed by atoms with van der Waals surface area (Å²) in [4.78, 5) is 9.93. The van der Waals surface area contributed by atoms with Crippen molar-refractivity contribution in [2.45, 2.75) is 31.6 Å². The van der Waals surface area contributed by atoms with E-state index in [1.165, 1.54) is 12.0 Å². The summed E-state index contributed by atoms with van der Waals surface area (Å²) in [6.07, 6.45) is -8.05. The SMILES string of the molecule is Cc1nc(C(OCN2COC(c3ccccc3)O2)[C@@H](O)CN)n(-c2cc(Cl)c(Cl)cc2C(F)(F)F)n1. The topological polar surface area (TPSA) is 108 Å². The van der Waals surface area contributed by atoms with Gasteiger partial charge in [0.15, 0.2) is 5.82 Å². The summed E-state index contributed by atoms with van der Waals surface area (Å²) in [5.74, 6) is 0.0148. The van der Waals surface area contributed by atoms with Gasteiger partial charge in [0.1, 0.15) is 25.4 Å². The number of aryl methyl sites for hydroxylation is 1. The second kappa shape index (κ2) is 11.0. The first kappa shape index (κ1) is 26.8. The van der Waals surface area contributed by atoms with Crippen molar-refractivity contribution in [3.63, 3.8) is 0 Å². The summed E-state index contributed by atoms with van der Waals surface area (Å²) >= 11 is 11.9. The molecule has 36 heavy (non-hydrogen) atoms. The molecule has 1 aromatic heterocycles. The molecule has 1 aliphatic rings. The highest BCUT2D eigenvalue weighted by molar-refractivity contribution is 6.42. The molecule has 1 saturated heterocycles. The molecule has 0 spiro atoms. The first-order valence-electron chi connectivity index (χ1n) is 10.7. The van der Waals surface area contributed by atoms with E-state index >= 15 is 0 Å². The molecule has 3 N–H and O–H groups in total. The van der Waals surface area contributed by atoms with Crippen molar-refractivity contribution in [1.29, 1.82) is 0 Å². The predicted octanol–water partition coefficient (Wildman–Crippen LogP) is 4.16. The van der Waals surface area contributed by atoms with Gasteiger partial charge in [0.2, 0.25) is 6.29 Å². The van der Waals surface area contributed by atoms with Gasteiger partial charge in [-0.3, -0.25) is 4.84 Å². The van der Waals surface area contributed by atoms with Gasteiger partial charge in [-0.15, -0.1) is 5.06 Å². The molecular weight excluding hydrogens is 526 g/mol. The number of benzene rings is 2. The maximum atomic E-state index is 13.8. The fraction of sp³-hybridized carbons (Fsp3) is 0.364. The van der Waals surface area contributed by atoms with E-state index in [9.17, 15) is 18.3 Å². The van der Waals surface area contributed by atoms with Crippen LogP contribution in [0.15, 0.2) is 42.5 Å². The minimum atomic E-state index is -4.78. The van der Waals surface area contributed by atoms with E-state index < -0.39 is 35.9 Å². The highest BCUT2D eigenvalue weighted by atomic mass is 35.5. The van der Waals surface area contributed by atoms with Crippen LogP contribution in [0.5, 0.6) is 0 Å². The number of hydrogen-bond acceptors (Lipinski definition) is 8. The van der Waals surface area contributed by atoms with Gasteiger partial charge in [0, 0.05) is 12.1 Å². The Balaban J connectivity index is 1.62. The maximum Gasteiger partial charge on any atom is 0.418 e. The zero-order valence-corrected chi connectivity index (χ0v) is 20.3. The fourth-order valence-corrected chi connectivity index (χ4v) is 3.88. The number of rotatable bonds is 8. The molecule has 2 unspecified atom stereocenters. The summed E-state index contributed by atoms with van der Waals surface area (Å²) in [6, 6.07) is 10.9. The van der Waals surface area contributed by atoms with Crippen LogP contribution >= 0.6 is 23.2 Å². The van der Waals surface area contributed by atoms with E-state index in [-0.39, 0.29) is 41.7 Å².